The number of esters is 2. The van der Waals surface area contributed by atoms with Gasteiger partial charge in [-0.1, -0.05) is 24.3 Å². The van der Waals surface area contributed by atoms with Crippen molar-refractivity contribution in [1.29, 1.82) is 0 Å². The molecule has 0 aromatic heterocycles. The van der Waals surface area contributed by atoms with Crippen LogP contribution in [0.3, 0.4) is 0 Å². The van der Waals surface area contributed by atoms with Crippen LogP contribution in [-0.4, -0.2) is 23.6 Å². The number of hydrogen-bond donors (Lipinski definition) is 2. The molecule has 1 saturated heterocycles. The summed E-state index contributed by atoms with van der Waals surface area (Å²) in [5.41, 5.74) is 2.18. The van der Waals surface area contributed by atoms with Gasteiger partial charge >= 0.3 is 11.9 Å². The summed E-state index contributed by atoms with van der Waals surface area (Å²) in [5.74, 6) is -3.14. The summed E-state index contributed by atoms with van der Waals surface area (Å²) in [5, 5.41) is 5.70. The van der Waals surface area contributed by atoms with Crippen LogP contribution in [0, 0.1) is 6.92 Å². The first-order valence-corrected chi connectivity index (χ1v) is 8.65. The highest BCUT2D eigenvalue weighted by atomic mass is 16.7. The van der Waals surface area contributed by atoms with E-state index in [1.807, 2.05) is 19.1 Å². The van der Waals surface area contributed by atoms with Crippen molar-refractivity contribution in [3.8, 4) is 0 Å². The second-order valence-corrected chi connectivity index (χ2v) is 6.75. The van der Waals surface area contributed by atoms with Gasteiger partial charge in [0.05, 0.1) is 11.4 Å². The van der Waals surface area contributed by atoms with E-state index >= 15 is 0 Å². The number of carbonyl (C=O) groups excluding carboxylic acids is 3. The largest absolute Gasteiger partial charge is 0.419 e. The number of cyclic esters (lactones) is 2. The zero-order valence-corrected chi connectivity index (χ0v) is 15.7. The van der Waals surface area contributed by atoms with Crippen LogP contribution in [0.1, 0.15) is 29.8 Å². The predicted octanol–water partition coefficient (Wildman–Crippen LogP) is 3.38. The van der Waals surface area contributed by atoms with Crippen LogP contribution in [0.25, 0.3) is 0 Å². The third-order valence-corrected chi connectivity index (χ3v) is 3.95. The van der Waals surface area contributed by atoms with Crippen molar-refractivity contribution in [2.75, 3.05) is 10.6 Å². The number of amides is 1. The number of benzene rings is 2. The van der Waals surface area contributed by atoms with Gasteiger partial charge in [0.15, 0.2) is 5.57 Å². The van der Waals surface area contributed by atoms with Gasteiger partial charge in [0.25, 0.3) is 11.7 Å². The lowest BCUT2D eigenvalue weighted by molar-refractivity contribution is -0.222. The zero-order chi connectivity index (χ0) is 20.3. The molecule has 1 heterocycles. The molecule has 1 aliphatic rings. The highest BCUT2D eigenvalue weighted by molar-refractivity contribution is 6.15. The van der Waals surface area contributed by atoms with Crippen LogP contribution in [0.4, 0.5) is 11.4 Å². The number of anilines is 2. The highest BCUT2D eigenvalue weighted by Crippen LogP contribution is 2.26. The smallest absolute Gasteiger partial charge is 0.350 e. The summed E-state index contributed by atoms with van der Waals surface area (Å²) in [6, 6.07) is 14.1. The van der Waals surface area contributed by atoms with E-state index in [4.69, 9.17) is 9.47 Å². The number of aryl methyl sites for hydroxylation is 1. The number of nitrogens with one attached hydrogen (secondary N) is 2. The van der Waals surface area contributed by atoms with Crippen LogP contribution in [-0.2, 0) is 19.1 Å². The summed E-state index contributed by atoms with van der Waals surface area (Å²) in [6.07, 6.45) is 1.22. The van der Waals surface area contributed by atoms with E-state index in [2.05, 4.69) is 10.6 Å². The lowest BCUT2D eigenvalue weighted by Crippen LogP contribution is -2.42. The topological polar surface area (TPSA) is 93.7 Å². The van der Waals surface area contributed by atoms with E-state index < -0.39 is 17.7 Å². The summed E-state index contributed by atoms with van der Waals surface area (Å²) in [7, 11) is 0. The molecule has 2 N–H and O–H groups in total. The molecule has 0 unspecified atom stereocenters. The Morgan fingerprint density at radius 3 is 2.25 bits per heavy atom. The van der Waals surface area contributed by atoms with Gasteiger partial charge in [0.2, 0.25) is 0 Å². The van der Waals surface area contributed by atoms with Crippen molar-refractivity contribution in [3.63, 3.8) is 0 Å². The highest BCUT2D eigenvalue weighted by Gasteiger charge is 2.38. The predicted molar refractivity (Wildman–Crippen MR) is 104 cm³/mol. The third kappa shape index (κ3) is 4.37. The summed E-state index contributed by atoms with van der Waals surface area (Å²) >= 11 is 0. The van der Waals surface area contributed by atoms with Crippen molar-refractivity contribution >= 4 is 29.2 Å². The number of hydrogen-bond acceptors (Lipinski definition) is 6. The molecule has 0 bridgehead atoms. The summed E-state index contributed by atoms with van der Waals surface area (Å²) in [6.45, 7) is 4.84. The fraction of sp³-hybridized carbons (Fsp3) is 0.190. The molecular formula is C21H20N2O5. The Labute approximate surface area is 162 Å². The van der Waals surface area contributed by atoms with Gasteiger partial charge in [-0.3, -0.25) is 4.79 Å². The summed E-state index contributed by atoms with van der Waals surface area (Å²) in [4.78, 5) is 36.5. The SMILES string of the molecule is Cc1ccc(NC(=O)c2ccccc2)c(NC=C2C(=O)OC(C)(C)OC2=O)c1. The second-order valence-electron chi connectivity index (χ2n) is 6.75. The van der Waals surface area contributed by atoms with Crippen molar-refractivity contribution < 1.29 is 23.9 Å². The van der Waals surface area contributed by atoms with Gasteiger partial charge < -0.3 is 20.1 Å². The number of carbonyl (C=O) groups is 3. The Hall–Kier alpha value is -3.61. The fourth-order valence-corrected chi connectivity index (χ4v) is 2.60. The van der Waals surface area contributed by atoms with Crippen LogP contribution >= 0.6 is 0 Å². The number of rotatable bonds is 4. The lowest BCUT2D eigenvalue weighted by atomic mass is 10.1. The first-order valence-electron chi connectivity index (χ1n) is 8.65. The van der Waals surface area contributed by atoms with Gasteiger partial charge in [0.1, 0.15) is 0 Å². The maximum atomic E-state index is 12.4. The molecular weight excluding hydrogens is 360 g/mol. The molecule has 7 heteroatoms. The maximum absolute atomic E-state index is 12.4. The average molecular weight is 380 g/mol. The second kappa shape index (κ2) is 7.56. The van der Waals surface area contributed by atoms with E-state index in [-0.39, 0.29) is 11.5 Å². The molecule has 0 aliphatic carbocycles. The van der Waals surface area contributed by atoms with Gasteiger partial charge in [-0.25, -0.2) is 9.59 Å². The molecule has 0 spiro atoms. The molecule has 1 fully saturated rings. The van der Waals surface area contributed by atoms with Crippen LogP contribution in [0.2, 0.25) is 0 Å². The third-order valence-electron chi connectivity index (χ3n) is 3.95. The number of ether oxygens (including phenoxy) is 2. The van der Waals surface area contributed by atoms with Crippen LogP contribution in [0.15, 0.2) is 60.3 Å². The van der Waals surface area contributed by atoms with E-state index in [1.54, 1.807) is 36.4 Å². The van der Waals surface area contributed by atoms with E-state index in [0.717, 1.165) is 5.56 Å². The van der Waals surface area contributed by atoms with E-state index in [9.17, 15) is 14.4 Å². The molecule has 2 aromatic carbocycles. The minimum absolute atomic E-state index is 0.263. The van der Waals surface area contributed by atoms with Crippen LogP contribution < -0.4 is 10.6 Å². The quantitative estimate of drug-likeness (QED) is 0.480. The molecule has 7 nitrogen and oxygen atoms in total. The standard InChI is InChI=1S/C21H20N2O5/c1-13-9-10-16(23-18(24)14-7-5-4-6-8-14)17(11-13)22-12-15-19(25)27-21(2,3)28-20(15)26/h4-12,22H,1-3H3,(H,23,24). The molecule has 1 amide bonds. The lowest BCUT2D eigenvalue weighted by Gasteiger charge is -2.29. The molecule has 144 valence electrons. The van der Waals surface area contributed by atoms with E-state index in [1.165, 1.54) is 20.0 Å². The Morgan fingerprint density at radius 2 is 1.61 bits per heavy atom. The molecule has 0 atom stereocenters. The van der Waals surface area contributed by atoms with Gasteiger partial charge in [0, 0.05) is 25.6 Å². The van der Waals surface area contributed by atoms with Crippen LogP contribution in [0.5, 0.6) is 0 Å². The van der Waals surface area contributed by atoms with Crippen molar-refractivity contribution in [2.45, 2.75) is 26.6 Å². The van der Waals surface area contributed by atoms with Crippen molar-refractivity contribution in [3.05, 3.63) is 71.4 Å². The monoisotopic (exact) mass is 380 g/mol. The maximum Gasteiger partial charge on any atom is 0.350 e. The van der Waals surface area contributed by atoms with Gasteiger partial charge in [-0.2, -0.15) is 0 Å². The Bertz CT molecular complexity index is 942. The fourth-order valence-electron chi connectivity index (χ4n) is 2.60. The minimum Gasteiger partial charge on any atom is -0.419 e. The average Bonchev–Trinajstić information content (AvgIpc) is 2.62. The molecule has 1 aliphatic heterocycles. The van der Waals surface area contributed by atoms with E-state index in [0.29, 0.717) is 16.9 Å². The molecule has 0 saturated carbocycles. The van der Waals surface area contributed by atoms with Crippen molar-refractivity contribution in [1.82, 2.24) is 0 Å². The first-order chi connectivity index (χ1) is 13.2. The van der Waals surface area contributed by atoms with Crippen molar-refractivity contribution in [2.24, 2.45) is 0 Å². The Balaban J connectivity index is 1.82. The summed E-state index contributed by atoms with van der Waals surface area (Å²) < 4.78 is 10.1. The zero-order valence-electron chi connectivity index (χ0n) is 15.7. The normalized spacial score (nSPS) is 15.3. The molecule has 3 rings (SSSR count). The molecule has 0 radical (unpaired) electrons. The first kappa shape index (κ1) is 19.2. The van der Waals surface area contributed by atoms with Gasteiger partial charge in [-0.05, 0) is 36.8 Å². The Kier molecular flexibility index (Phi) is 5.17. The minimum atomic E-state index is -1.30. The molecule has 28 heavy (non-hydrogen) atoms. The van der Waals surface area contributed by atoms with Gasteiger partial charge in [-0.15, -0.1) is 0 Å². The molecule has 2 aromatic rings. The Morgan fingerprint density at radius 1 is 0.964 bits per heavy atom.